The van der Waals surface area contributed by atoms with Crippen molar-refractivity contribution in [1.82, 2.24) is 19.8 Å². The van der Waals surface area contributed by atoms with Gasteiger partial charge in [0, 0.05) is 76.8 Å². The van der Waals surface area contributed by atoms with Crippen LogP contribution in [0.5, 0.6) is 0 Å². The topological polar surface area (TPSA) is 57.2 Å². The summed E-state index contributed by atoms with van der Waals surface area (Å²) in [6.45, 7) is 16.5. The first-order chi connectivity index (χ1) is 14.7. The third kappa shape index (κ3) is 4.02. The molecule has 4 aliphatic rings. The molecule has 5 rings (SSSR count). The Bertz CT molecular complexity index is 650. The van der Waals surface area contributed by atoms with Crippen molar-refractivity contribution in [2.75, 3.05) is 88.6 Å². The second-order valence-electron chi connectivity index (χ2n) is 9.40. The van der Waals surface area contributed by atoms with Crippen molar-refractivity contribution < 1.29 is 9.47 Å². The Hall–Kier alpha value is -1.48. The summed E-state index contributed by atoms with van der Waals surface area (Å²) in [6, 6.07) is 1.14. The molecule has 0 N–H and O–H groups in total. The maximum Gasteiger partial charge on any atom is 0.172 e. The van der Waals surface area contributed by atoms with Crippen molar-refractivity contribution in [3.63, 3.8) is 0 Å². The van der Waals surface area contributed by atoms with E-state index in [0.717, 1.165) is 90.4 Å². The molecule has 4 unspecified atom stereocenters. The van der Waals surface area contributed by atoms with E-state index in [0.29, 0.717) is 23.9 Å². The number of rotatable bonds is 4. The number of nitrogens with zero attached hydrogens (tertiary/aromatic N) is 6. The fourth-order valence-electron chi connectivity index (χ4n) is 5.78. The van der Waals surface area contributed by atoms with Gasteiger partial charge in [-0.05, 0) is 11.8 Å². The Morgan fingerprint density at radius 1 is 0.667 bits per heavy atom. The molecule has 4 aliphatic heterocycles. The Morgan fingerprint density at radius 2 is 1.07 bits per heavy atom. The number of morpholine rings is 2. The van der Waals surface area contributed by atoms with Gasteiger partial charge in [-0.25, -0.2) is 9.97 Å². The van der Waals surface area contributed by atoms with E-state index in [1.54, 1.807) is 0 Å². The van der Waals surface area contributed by atoms with Gasteiger partial charge in [-0.1, -0.05) is 13.8 Å². The van der Waals surface area contributed by atoms with Gasteiger partial charge in [0.1, 0.15) is 0 Å². The summed E-state index contributed by atoms with van der Waals surface area (Å²) in [6.07, 6.45) is 3.70. The van der Waals surface area contributed by atoms with E-state index in [-0.39, 0.29) is 0 Å². The molecule has 0 saturated carbocycles. The van der Waals surface area contributed by atoms with Gasteiger partial charge < -0.3 is 19.3 Å². The first-order valence-corrected chi connectivity index (χ1v) is 11.6. The predicted molar refractivity (Wildman–Crippen MR) is 117 cm³/mol. The minimum atomic E-state index is 0.572. The SMILES string of the molecule is CC1CN(c2nccnc2N2CC(C)C(N3CCOCC3)C2)CC1N1CCOCC1. The van der Waals surface area contributed by atoms with E-state index in [2.05, 4.69) is 33.4 Å². The second-order valence-corrected chi connectivity index (χ2v) is 9.40. The summed E-state index contributed by atoms with van der Waals surface area (Å²) in [7, 11) is 0. The third-order valence-corrected chi connectivity index (χ3v) is 7.43. The van der Waals surface area contributed by atoms with Gasteiger partial charge in [-0.15, -0.1) is 0 Å². The monoisotopic (exact) mass is 416 g/mol. The molecule has 0 radical (unpaired) electrons. The smallest absolute Gasteiger partial charge is 0.172 e. The van der Waals surface area contributed by atoms with Gasteiger partial charge in [-0.3, -0.25) is 9.80 Å². The summed E-state index contributed by atoms with van der Waals surface area (Å²) < 4.78 is 11.1. The molecule has 0 aromatic carbocycles. The number of ether oxygens (including phenoxy) is 2. The Labute approximate surface area is 180 Å². The molecular formula is C22H36N6O2. The second kappa shape index (κ2) is 8.94. The minimum absolute atomic E-state index is 0.572. The summed E-state index contributed by atoms with van der Waals surface area (Å²) >= 11 is 0. The van der Waals surface area contributed by atoms with Gasteiger partial charge in [0.25, 0.3) is 0 Å². The highest BCUT2D eigenvalue weighted by molar-refractivity contribution is 5.63. The van der Waals surface area contributed by atoms with Gasteiger partial charge in [0.05, 0.1) is 26.4 Å². The molecule has 30 heavy (non-hydrogen) atoms. The maximum absolute atomic E-state index is 5.57. The van der Waals surface area contributed by atoms with Crippen LogP contribution in [-0.2, 0) is 9.47 Å². The lowest BCUT2D eigenvalue weighted by Crippen LogP contribution is -2.47. The van der Waals surface area contributed by atoms with E-state index in [1.807, 2.05) is 12.4 Å². The largest absolute Gasteiger partial charge is 0.379 e. The standard InChI is InChI=1S/C22H36N6O2/c1-17-13-27(15-19(17)25-5-9-29-10-6-25)21-22(24-4-3-23-21)28-14-18(2)20(16-28)26-7-11-30-12-8-26/h3-4,17-20H,5-16H2,1-2H3. The van der Waals surface area contributed by atoms with Crippen LogP contribution in [0.1, 0.15) is 13.8 Å². The van der Waals surface area contributed by atoms with Crippen LogP contribution in [0.15, 0.2) is 12.4 Å². The highest BCUT2D eigenvalue weighted by Gasteiger charge is 2.39. The molecule has 0 bridgehead atoms. The first-order valence-electron chi connectivity index (χ1n) is 11.6. The van der Waals surface area contributed by atoms with E-state index >= 15 is 0 Å². The summed E-state index contributed by atoms with van der Waals surface area (Å²) in [5, 5.41) is 0. The molecule has 4 saturated heterocycles. The van der Waals surface area contributed by atoms with Crippen LogP contribution >= 0.6 is 0 Å². The van der Waals surface area contributed by atoms with E-state index in [9.17, 15) is 0 Å². The molecule has 0 amide bonds. The van der Waals surface area contributed by atoms with Crippen LogP contribution in [0.25, 0.3) is 0 Å². The fourth-order valence-corrected chi connectivity index (χ4v) is 5.78. The van der Waals surface area contributed by atoms with Crippen LogP contribution in [0.2, 0.25) is 0 Å². The lowest BCUT2D eigenvalue weighted by Gasteiger charge is -2.34. The quantitative estimate of drug-likeness (QED) is 0.714. The van der Waals surface area contributed by atoms with Gasteiger partial charge in [0.2, 0.25) is 0 Å². The molecule has 166 valence electrons. The lowest BCUT2D eigenvalue weighted by molar-refractivity contribution is 0.0134. The summed E-state index contributed by atoms with van der Waals surface area (Å²) in [5.74, 6) is 3.37. The van der Waals surface area contributed by atoms with Crippen LogP contribution in [-0.4, -0.2) is 111 Å². The zero-order chi connectivity index (χ0) is 20.5. The van der Waals surface area contributed by atoms with Crippen molar-refractivity contribution >= 4 is 11.6 Å². The average Bonchev–Trinajstić information content (AvgIpc) is 3.38. The van der Waals surface area contributed by atoms with E-state index in [1.165, 1.54) is 0 Å². The number of hydrogen-bond acceptors (Lipinski definition) is 8. The van der Waals surface area contributed by atoms with E-state index in [4.69, 9.17) is 19.4 Å². The molecule has 4 fully saturated rings. The molecule has 1 aromatic heterocycles. The van der Waals surface area contributed by atoms with Crippen molar-refractivity contribution in [3.05, 3.63) is 12.4 Å². The van der Waals surface area contributed by atoms with Gasteiger partial charge >= 0.3 is 0 Å². The summed E-state index contributed by atoms with van der Waals surface area (Å²) in [4.78, 5) is 19.8. The van der Waals surface area contributed by atoms with Gasteiger partial charge in [-0.2, -0.15) is 0 Å². The molecule has 0 aliphatic carbocycles. The Morgan fingerprint density at radius 3 is 1.47 bits per heavy atom. The van der Waals surface area contributed by atoms with Crippen LogP contribution in [0.4, 0.5) is 11.6 Å². The van der Waals surface area contributed by atoms with Gasteiger partial charge in [0.15, 0.2) is 11.6 Å². The highest BCUT2D eigenvalue weighted by Crippen LogP contribution is 2.34. The zero-order valence-electron chi connectivity index (χ0n) is 18.4. The Kier molecular flexibility index (Phi) is 6.09. The molecule has 8 heteroatoms. The summed E-state index contributed by atoms with van der Waals surface area (Å²) in [5.41, 5.74) is 0. The van der Waals surface area contributed by atoms with Crippen molar-refractivity contribution in [1.29, 1.82) is 0 Å². The molecule has 4 atom stereocenters. The Balaban J connectivity index is 1.31. The number of aromatic nitrogens is 2. The molecule has 5 heterocycles. The lowest BCUT2D eigenvalue weighted by atomic mass is 10.0. The molecule has 0 spiro atoms. The molecule has 8 nitrogen and oxygen atoms in total. The fraction of sp³-hybridized carbons (Fsp3) is 0.818. The average molecular weight is 417 g/mol. The van der Waals surface area contributed by atoms with Crippen molar-refractivity contribution in [2.24, 2.45) is 11.8 Å². The third-order valence-electron chi connectivity index (χ3n) is 7.43. The first kappa shape index (κ1) is 20.4. The zero-order valence-corrected chi connectivity index (χ0v) is 18.4. The van der Waals surface area contributed by atoms with E-state index < -0.39 is 0 Å². The number of hydrogen-bond donors (Lipinski definition) is 0. The predicted octanol–water partition coefficient (Wildman–Crippen LogP) is 0.790. The normalized spacial score (nSPS) is 34.1. The highest BCUT2D eigenvalue weighted by atomic mass is 16.5. The molecule has 1 aromatic rings. The minimum Gasteiger partial charge on any atom is -0.379 e. The number of anilines is 2. The van der Waals surface area contributed by atoms with Crippen LogP contribution < -0.4 is 9.80 Å². The van der Waals surface area contributed by atoms with Crippen molar-refractivity contribution in [2.45, 2.75) is 25.9 Å². The molecular weight excluding hydrogens is 380 g/mol. The van der Waals surface area contributed by atoms with Crippen LogP contribution in [0.3, 0.4) is 0 Å². The van der Waals surface area contributed by atoms with Crippen LogP contribution in [0, 0.1) is 11.8 Å². The van der Waals surface area contributed by atoms with Crippen molar-refractivity contribution in [3.8, 4) is 0 Å². The maximum atomic E-state index is 5.57.